The van der Waals surface area contributed by atoms with E-state index in [1.165, 1.54) is 15.4 Å². The lowest BCUT2D eigenvalue weighted by molar-refractivity contribution is -0.122. The molecule has 2 aromatic heterocycles. The van der Waals surface area contributed by atoms with Crippen LogP contribution in [-0.4, -0.2) is 31.4 Å². The van der Waals surface area contributed by atoms with Gasteiger partial charge in [-0.15, -0.1) is 0 Å². The lowest BCUT2D eigenvalue weighted by Crippen LogP contribution is -2.45. The predicted molar refractivity (Wildman–Crippen MR) is 107 cm³/mol. The number of aromatic nitrogens is 4. The molecule has 9 nitrogen and oxygen atoms in total. The van der Waals surface area contributed by atoms with Crippen molar-refractivity contribution in [3.63, 3.8) is 0 Å². The van der Waals surface area contributed by atoms with Crippen LogP contribution in [0.15, 0.2) is 41.2 Å². The molecule has 0 aliphatic rings. The van der Waals surface area contributed by atoms with Crippen LogP contribution >= 0.6 is 11.6 Å². The van der Waals surface area contributed by atoms with E-state index in [0.29, 0.717) is 16.4 Å². The number of hydrogen-bond acceptors (Lipinski definition) is 5. The number of carbonyl (C=O) groups excluding carboxylic acids is 2. The van der Waals surface area contributed by atoms with Crippen molar-refractivity contribution >= 4 is 23.4 Å². The summed E-state index contributed by atoms with van der Waals surface area (Å²) in [5.41, 5.74) is 6.15. The molecule has 0 spiro atoms. The molecular formula is C19H19ClN6O3. The minimum Gasteiger partial charge on any atom is -0.287 e. The van der Waals surface area contributed by atoms with E-state index >= 15 is 0 Å². The molecule has 0 fully saturated rings. The Hall–Kier alpha value is -3.46. The van der Waals surface area contributed by atoms with E-state index in [2.05, 4.69) is 21.0 Å². The second kappa shape index (κ2) is 8.27. The first-order valence-electron chi connectivity index (χ1n) is 8.72. The number of para-hydroxylation sites is 1. The number of halogens is 1. The van der Waals surface area contributed by atoms with Gasteiger partial charge in [-0.05, 0) is 39.0 Å². The van der Waals surface area contributed by atoms with Crippen molar-refractivity contribution in [2.75, 3.05) is 0 Å². The second-order valence-corrected chi connectivity index (χ2v) is 6.86. The summed E-state index contributed by atoms with van der Waals surface area (Å²) >= 11 is 6.19. The quantitative estimate of drug-likeness (QED) is 0.628. The number of carbonyl (C=O) groups is 2. The molecule has 2 N–H and O–H groups in total. The molecule has 0 saturated heterocycles. The Morgan fingerprint density at radius 1 is 1.03 bits per heavy atom. The molecule has 0 bridgehead atoms. The fourth-order valence-corrected chi connectivity index (χ4v) is 2.98. The topological polar surface area (TPSA) is 111 Å². The molecule has 0 radical (unpaired) electrons. The highest BCUT2D eigenvalue weighted by atomic mass is 35.5. The van der Waals surface area contributed by atoms with Crippen molar-refractivity contribution in [2.24, 2.45) is 0 Å². The zero-order valence-corrected chi connectivity index (χ0v) is 16.8. The third-order valence-electron chi connectivity index (χ3n) is 4.12. The van der Waals surface area contributed by atoms with Gasteiger partial charge in [0.1, 0.15) is 6.54 Å². The number of rotatable bonds is 4. The minimum absolute atomic E-state index is 0.0782. The first kappa shape index (κ1) is 20.3. The summed E-state index contributed by atoms with van der Waals surface area (Å²) < 4.78 is 2.90. The summed E-state index contributed by atoms with van der Waals surface area (Å²) in [5.74, 6) is -1.33. The van der Waals surface area contributed by atoms with Gasteiger partial charge in [0.25, 0.3) is 11.8 Å². The van der Waals surface area contributed by atoms with Crippen molar-refractivity contribution in [1.82, 2.24) is 30.4 Å². The molecule has 150 valence electrons. The summed E-state index contributed by atoms with van der Waals surface area (Å²) in [5, 5.41) is 8.71. The number of amides is 2. The average Bonchev–Trinajstić information content (AvgIpc) is 2.97. The van der Waals surface area contributed by atoms with E-state index in [-0.39, 0.29) is 12.2 Å². The molecule has 0 saturated carbocycles. The number of nitrogens with zero attached hydrogens (tertiary/aromatic N) is 4. The van der Waals surface area contributed by atoms with Crippen LogP contribution in [0.1, 0.15) is 27.6 Å². The van der Waals surface area contributed by atoms with Crippen LogP contribution in [0.4, 0.5) is 0 Å². The highest BCUT2D eigenvalue weighted by Crippen LogP contribution is 2.19. The smallest absolute Gasteiger partial charge is 0.287 e. The maximum absolute atomic E-state index is 12.4. The Morgan fingerprint density at radius 2 is 1.76 bits per heavy atom. The summed E-state index contributed by atoms with van der Waals surface area (Å²) in [6, 6.07) is 10.0. The zero-order chi connectivity index (χ0) is 21.1. The lowest BCUT2D eigenvalue weighted by atomic mass is 10.2. The van der Waals surface area contributed by atoms with Crippen LogP contribution in [0.2, 0.25) is 5.02 Å². The Kier molecular flexibility index (Phi) is 5.79. The Morgan fingerprint density at radius 3 is 2.41 bits per heavy atom. The van der Waals surface area contributed by atoms with Gasteiger partial charge in [-0.1, -0.05) is 23.7 Å². The first-order valence-corrected chi connectivity index (χ1v) is 9.10. The maximum Gasteiger partial charge on any atom is 0.294 e. The molecule has 2 amide bonds. The van der Waals surface area contributed by atoms with Gasteiger partial charge in [-0.25, -0.2) is 4.68 Å². The molecule has 0 unspecified atom stereocenters. The lowest BCUT2D eigenvalue weighted by Gasteiger charge is -2.13. The maximum atomic E-state index is 12.4. The normalized spacial score (nSPS) is 10.6. The molecule has 29 heavy (non-hydrogen) atoms. The number of aryl methyl sites for hydroxylation is 3. The van der Waals surface area contributed by atoms with E-state index in [0.717, 1.165) is 11.4 Å². The van der Waals surface area contributed by atoms with Gasteiger partial charge in [0.15, 0.2) is 5.69 Å². The predicted octanol–water partition coefficient (Wildman–Crippen LogP) is 1.47. The van der Waals surface area contributed by atoms with Crippen LogP contribution in [0.3, 0.4) is 0 Å². The highest BCUT2D eigenvalue weighted by Gasteiger charge is 2.17. The number of benzene rings is 1. The van der Waals surface area contributed by atoms with E-state index in [1.807, 2.05) is 19.9 Å². The van der Waals surface area contributed by atoms with Crippen molar-refractivity contribution in [2.45, 2.75) is 27.3 Å². The van der Waals surface area contributed by atoms with Gasteiger partial charge in [-0.2, -0.15) is 10.2 Å². The van der Waals surface area contributed by atoms with E-state index in [9.17, 15) is 14.4 Å². The van der Waals surface area contributed by atoms with Crippen LogP contribution in [0, 0.1) is 20.8 Å². The SMILES string of the molecule is Cc1cc(C)n(CC(=O)NNC(=O)c2nn(-c3ccccc3Cl)c(C)cc2=O)n1. The average molecular weight is 415 g/mol. The van der Waals surface area contributed by atoms with Crippen molar-refractivity contribution in [3.8, 4) is 5.69 Å². The Bertz CT molecular complexity index is 1150. The van der Waals surface area contributed by atoms with Crippen LogP contribution in [0.25, 0.3) is 5.69 Å². The van der Waals surface area contributed by atoms with Gasteiger partial charge >= 0.3 is 0 Å². The van der Waals surface area contributed by atoms with Gasteiger partial charge < -0.3 is 0 Å². The van der Waals surface area contributed by atoms with Crippen molar-refractivity contribution in [1.29, 1.82) is 0 Å². The summed E-state index contributed by atoms with van der Waals surface area (Å²) in [7, 11) is 0. The van der Waals surface area contributed by atoms with E-state index in [4.69, 9.17) is 11.6 Å². The number of nitrogens with one attached hydrogen (secondary N) is 2. The summed E-state index contributed by atoms with van der Waals surface area (Å²) in [6.07, 6.45) is 0. The summed E-state index contributed by atoms with van der Waals surface area (Å²) in [4.78, 5) is 36.7. The molecule has 0 aliphatic carbocycles. The summed E-state index contributed by atoms with van der Waals surface area (Å²) in [6.45, 7) is 5.23. The molecule has 10 heteroatoms. The standard InChI is InChI=1S/C19H19ClN6O3/c1-11-8-12(2)25(23-11)10-17(28)21-22-19(29)18-16(27)9-13(3)26(24-18)15-7-5-4-6-14(15)20/h4-9H,10H2,1-3H3,(H,21,28)(H,22,29). The third-order valence-corrected chi connectivity index (χ3v) is 4.43. The molecule has 3 rings (SSSR count). The van der Waals surface area contributed by atoms with Crippen LogP contribution in [-0.2, 0) is 11.3 Å². The minimum atomic E-state index is -0.836. The van der Waals surface area contributed by atoms with Gasteiger partial charge in [0, 0.05) is 17.5 Å². The number of hydrogen-bond donors (Lipinski definition) is 2. The highest BCUT2D eigenvalue weighted by molar-refractivity contribution is 6.32. The zero-order valence-electron chi connectivity index (χ0n) is 16.1. The molecule has 0 aliphatic heterocycles. The Labute approximate surface area is 171 Å². The molecule has 3 aromatic rings. The largest absolute Gasteiger partial charge is 0.294 e. The van der Waals surface area contributed by atoms with Gasteiger partial charge in [0.05, 0.1) is 16.4 Å². The van der Waals surface area contributed by atoms with Crippen LogP contribution < -0.4 is 16.3 Å². The fraction of sp³-hybridized carbons (Fsp3) is 0.211. The monoisotopic (exact) mass is 414 g/mol. The van der Waals surface area contributed by atoms with Gasteiger partial charge in [0.2, 0.25) is 5.43 Å². The van der Waals surface area contributed by atoms with E-state index in [1.54, 1.807) is 31.2 Å². The van der Waals surface area contributed by atoms with Crippen LogP contribution in [0.5, 0.6) is 0 Å². The van der Waals surface area contributed by atoms with E-state index < -0.39 is 17.2 Å². The molecular weight excluding hydrogens is 396 g/mol. The molecule has 2 heterocycles. The number of hydrazine groups is 1. The third kappa shape index (κ3) is 4.52. The Balaban J connectivity index is 1.76. The first-order chi connectivity index (χ1) is 13.8. The molecule has 1 aromatic carbocycles. The molecule has 0 atom stereocenters. The van der Waals surface area contributed by atoms with Crippen molar-refractivity contribution < 1.29 is 9.59 Å². The van der Waals surface area contributed by atoms with Crippen molar-refractivity contribution in [3.05, 3.63) is 74.4 Å². The second-order valence-electron chi connectivity index (χ2n) is 6.45. The fourth-order valence-electron chi connectivity index (χ4n) is 2.77. The van der Waals surface area contributed by atoms with Gasteiger partial charge in [-0.3, -0.25) is 29.9 Å².